The van der Waals surface area contributed by atoms with Crippen molar-refractivity contribution in [1.82, 2.24) is 5.32 Å². The topological polar surface area (TPSA) is 55.4 Å². The van der Waals surface area contributed by atoms with Crippen LogP contribution in [0.1, 0.15) is 52.9 Å². The minimum Gasteiger partial charge on any atom is -0.496 e. The predicted octanol–water partition coefficient (Wildman–Crippen LogP) is 3.63. The summed E-state index contributed by atoms with van der Waals surface area (Å²) in [5, 5.41) is 3.14. The Kier molecular flexibility index (Phi) is 5.17. The van der Waals surface area contributed by atoms with Gasteiger partial charge in [0.25, 0.3) is 0 Å². The van der Waals surface area contributed by atoms with E-state index < -0.39 is 0 Å². The maximum absolute atomic E-state index is 12.6. The van der Waals surface area contributed by atoms with Gasteiger partial charge < -0.3 is 10.1 Å². The smallest absolute Gasteiger partial charge is 0.225 e. The number of ketones is 1. The number of hydrogen-bond donors (Lipinski definition) is 1. The van der Waals surface area contributed by atoms with Crippen LogP contribution >= 0.6 is 0 Å². The van der Waals surface area contributed by atoms with Gasteiger partial charge in [-0.2, -0.15) is 0 Å². The van der Waals surface area contributed by atoms with Crippen molar-refractivity contribution in [3.63, 3.8) is 0 Å². The number of methoxy groups -OCH3 is 1. The van der Waals surface area contributed by atoms with Gasteiger partial charge in [0.1, 0.15) is 5.75 Å². The van der Waals surface area contributed by atoms with Gasteiger partial charge in [-0.25, -0.2) is 0 Å². The monoisotopic (exact) mass is 337 g/mol. The fourth-order valence-corrected chi connectivity index (χ4v) is 3.46. The molecule has 0 heterocycles. The molecule has 25 heavy (non-hydrogen) atoms. The fourth-order valence-electron chi connectivity index (χ4n) is 3.46. The van der Waals surface area contributed by atoms with Crippen LogP contribution in [0.3, 0.4) is 0 Å². The van der Waals surface area contributed by atoms with Gasteiger partial charge in [-0.15, -0.1) is 0 Å². The molecule has 1 amide bonds. The zero-order chi connectivity index (χ0) is 17.8. The molecule has 0 saturated carbocycles. The number of hydrogen-bond acceptors (Lipinski definition) is 3. The van der Waals surface area contributed by atoms with Crippen LogP contribution in [0.15, 0.2) is 42.5 Å². The number of Topliss-reactive ketones (excluding diaryl/α,β-unsaturated/α-hetero) is 1. The van der Waals surface area contributed by atoms with E-state index in [9.17, 15) is 9.59 Å². The summed E-state index contributed by atoms with van der Waals surface area (Å²) >= 11 is 0. The zero-order valence-electron chi connectivity index (χ0n) is 14.7. The van der Waals surface area contributed by atoms with E-state index in [-0.39, 0.29) is 24.2 Å². The Balaban J connectivity index is 1.75. The summed E-state index contributed by atoms with van der Waals surface area (Å²) in [6.45, 7) is 1.52. The van der Waals surface area contributed by atoms with E-state index in [1.165, 1.54) is 18.1 Å². The average Bonchev–Trinajstić information content (AvgIpc) is 2.62. The highest BCUT2D eigenvalue weighted by Gasteiger charge is 2.22. The highest BCUT2D eigenvalue weighted by molar-refractivity contribution is 5.94. The lowest BCUT2D eigenvalue weighted by molar-refractivity contribution is -0.121. The molecule has 1 atom stereocenters. The van der Waals surface area contributed by atoms with Crippen LogP contribution in [0.5, 0.6) is 5.75 Å². The van der Waals surface area contributed by atoms with Crippen molar-refractivity contribution in [2.45, 2.75) is 38.6 Å². The van der Waals surface area contributed by atoms with Gasteiger partial charge in [0, 0.05) is 11.1 Å². The van der Waals surface area contributed by atoms with Crippen molar-refractivity contribution >= 4 is 11.7 Å². The number of nitrogens with one attached hydrogen (secondary N) is 1. The quantitative estimate of drug-likeness (QED) is 0.848. The summed E-state index contributed by atoms with van der Waals surface area (Å²) in [6.07, 6.45) is 3.29. The summed E-state index contributed by atoms with van der Waals surface area (Å²) in [6, 6.07) is 13.6. The molecular formula is C21H23NO3. The molecule has 130 valence electrons. The lowest BCUT2D eigenvalue weighted by Gasteiger charge is -2.26. The highest BCUT2D eigenvalue weighted by atomic mass is 16.5. The average molecular weight is 337 g/mol. The first kappa shape index (κ1) is 17.2. The van der Waals surface area contributed by atoms with Gasteiger partial charge in [0.2, 0.25) is 5.91 Å². The molecule has 0 spiro atoms. The number of ether oxygens (including phenoxy) is 1. The Morgan fingerprint density at radius 3 is 2.76 bits per heavy atom. The number of rotatable bonds is 5. The van der Waals surface area contributed by atoms with Crippen molar-refractivity contribution in [2.75, 3.05) is 7.11 Å². The maximum Gasteiger partial charge on any atom is 0.225 e. The van der Waals surface area contributed by atoms with Crippen molar-refractivity contribution in [1.29, 1.82) is 0 Å². The molecular weight excluding hydrogens is 314 g/mol. The molecule has 4 heteroatoms. The van der Waals surface area contributed by atoms with E-state index in [4.69, 9.17) is 4.74 Å². The Labute approximate surface area is 148 Å². The largest absolute Gasteiger partial charge is 0.496 e. The number of carbonyl (C=O) groups is 2. The van der Waals surface area contributed by atoms with E-state index >= 15 is 0 Å². The van der Waals surface area contributed by atoms with Crippen LogP contribution in [-0.2, 0) is 17.6 Å². The van der Waals surface area contributed by atoms with Gasteiger partial charge in [-0.3, -0.25) is 9.59 Å². The molecule has 0 radical (unpaired) electrons. The summed E-state index contributed by atoms with van der Waals surface area (Å²) in [5.41, 5.74) is 3.85. The van der Waals surface area contributed by atoms with E-state index in [0.717, 1.165) is 24.8 Å². The minimum absolute atomic E-state index is 0.0227. The number of aryl methyl sites for hydroxylation is 1. The SMILES string of the molecule is COc1ccc(C(C)=O)cc1CC(=O)N[C@@H]1CCCc2ccccc21. The van der Waals surface area contributed by atoms with Gasteiger partial charge in [0.05, 0.1) is 19.6 Å². The highest BCUT2D eigenvalue weighted by Crippen LogP contribution is 2.29. The number of benzene rings is 2. The van der Waals surface area contributed by atoms with Crippen LogP contribution in [0.25, 0.3) is 0 Å². The summed E-state index contributed by atoms with van der Waals surface area (Å²) in [7, 11) is 1.57. The second-order valence-corrected chi connectivity index (χ2v) is 6.47. The number of amides is 1. The normalized spacial score (nSPS) is 16.0. The molecule has 2 aromatic carbocycles. The molecule has 2 aromatic rings. The molecule has 1 N–H and O–H groups in total. The molecule has 0 unspecified atom stereocenters. The van der Waals surface area contributed by atoms with Crippen LogP contribution in [0.4, 0.5) is 0 Å². The van der Waals surface area contributed by atoms with Crippen molar-refractivity contribution in [2.24, 2.45) is 0 Å². The lowest BCUT2D eigenvalue weighted by Crippen LogP contribution is -2.32. The Bertz CT molecular complexity index is 797. The minimum atomic E-state index is -0.0549. The van der Waals surface area contributed by atoms with E-state index in [2.05, 4.69) is 17.4 Å². The van der Waals surface area contributed by atoms with Crippen LogP contribution in [0, 0.1) is 0 Å². The van der Waals surface area contributed by atoms with E-state index in [1.54, 1.807) is 25.3 Å². The van der Waals surface area contributed by atoms with Gasteiger partial charge in [-0.1, -0.05) is 24.3 Å². The third-order valence-electron chi connectivity index (χ3n) is 4.74. The summed E-state index contributed by atoms with van der Waals surface area (Å²) in [5.74, 6) is 0.551. The fraction of sp³-hybridized carbons (Fsp3) is 0.333. The maximum atomic E-state index is 12.6. The zero-order valence-corrected chi connectivity index (χ0v) is 14.7. The number of carbonyl (C=O) groups excluding carboxylic acids is 2. The molecule has 1 aliphatic carbocycles. The Hall–Kier alpha value is -2.62. The van der Waals surface area contributed by atoms with E-state index in [0.29, 0.717) is 11.3 Å². The van der Waals surface area contributed by atoms with Crippen LogP contribution in [0.2, 0.25) is 0 Å². The van der Waals surface area contributed by atoms with Gasteiger partial charge in [-0.05, 0) is 55.5 Å². The second kappa shape index (κ2) is 7.51. The van der Waals surface area contributed by atoms with Crippen LogP contribution in [-0.4, -0.2) is 18.8 Å². The van der Waals surface area contributed by atoms with Gasteiger partial charge >= 0.3 is 0 Å². The molecule has 0 bridgehead atoms. The molecule has 1 aliphatic rings. The standard InChI is InChI=1S/C21H23NO3/c1-14(23)16-10-11-20(25-2)17(12-16)13-21(24)22-19-9-5-7-15-6-3-4-8-18(15)19/h3-4,6,8,10-12,19H,5,7,9,13H2,1-2H3,(H,22,24)/t19-/m1/s1. The first-order valence-electron chi connectivity index (χ1n) is 8.63. The van der Waals surface area contributed by atoms with Crippen molar-refractivity contribution < 1.29 is 14.3 Å². The van der Waals surface area contributed by atoms with E-state index in [1.807, 2.05) is 12.1 Å². The van der Waals surface area contributed by atoms with Crippen LogP contribution < -0.4 is 10.1 Å². The predicted molar refractivity (Wildman–Crippen MR) is 97.0 cm³/mol. The molecule has 3 rings (SSSR count). The third kappa shape index (κ3) is 3.90. The second-order valence-electron chi connectivity index (χ2n) is 6.47. The molecule has 4 nitrogen and oxygen atoms in total. The first-order valence-corrected chi connectivity index (χ1v) is 8.63. The Morgan fingerprint density at radius 2 is 2.00 bits per heavy atom. The molecule has 0 saturated heterocycles. The molecule has 0 aromatic heterocycles. The summed E-state index contributed by atoms with van der Waals surface area (Å²) < 4.78 is 5.34. The number of fused-ring (bicyclic) bond motifs is 1. The summed E-state index contributed by atoms with van der Waals surface area (Å²) in [4.78, 5) is 24.2. The van der Waals surface area contributed by atoms with Crippen molar-refractivity contribution in [3.05, 3.63) is 64.7 Å². The first-order chi connectivity index (χ1) is 12.1. The Morgan fingerprint density at radius 1 is 1.20 bits per heavy atom. The molecule has 0 fully saturated rings. The lowest BCUT2D eigenvalue weighted by atomic mass is 9.87. The van der Waals surface area contributed by atoms with Crippen molar-refractivity contribution in [3.8, 4) is 5.75 Å². The molecule has 0 aliphatic heterocycles. The van der Waals surface area contributed by atoms with Gasteiger partial charge in [0.15, 0.2) is 5.78 Å². The third-order valence-corrected chi connectivity index (χ3v) is 4.74.